The zero-order chi connectivity index (χ0) is 26.4. The zero-order valence-corrected chi connectivity index (χ0v) is 22.3. The van der Waals surface area contributed by atoms with Crippen molar-refractivity contribution in [3.63, 3.8) is 0 Å². The molecule has 1 amide bonds. The Balaban J connectivity index is 1.41. The zero-order valence-electron chi connectivity index (χ0n) is 22.3. The second kappa shape index (κ2) is 12.5. The highest BCUT2D eigenvalue weighted by Crippen LogP contribution is 2.37. The second-order valence-corrected chi connectivity index (χ2v) is 10.8. The fourth-order valence-corrected chi connectivity index (χ4v) is 6.31. The van der Waals surface area contributed by atoms with Crippen LogP contribution in [0, 0.1) is 5.92 Å². The number of hydrogen-bond donors (Lipinski definition) is 0. The van der Waals surface area contributed by atoms with E-state index in [0.29, 0.717) is 5.91 Å². The van der Waals surface area contributed by atoms with Crippen LogP contribution in [0.25, 0.3) is 0 Å². The number of hydrogen-bond acceptors (Lipinski definition) is 2. The fraction of sp³-hybridized carbons (Fsp3) is 0.581. The Morgan fingerprint density at radius 3 is 2.35 bits per heavy atom. The molecule has 0 bridgehead atoms. The normalized spacial score (nSPS) is 19.3. The van der Waals surface area contributed by atoms with Crippen molar-refractivity contribution in [2.75, 3.05) is 26.2 Å². The van der Waals surface area contributed by atoms with Gasteiger partial charge >= 0.3 is 6.18 Å². The maximum absolute atomic E-state index is 13.7. The highest BCUT2D eigenvalue weighted by molar-refractivity contribution is 5.79. The number of rotatable bonds is 9. The van der Waals surface area contributed by atoms with Crippen LogP contribution in [-0.2, 0) is 17.4 Å². The molecule has 3 nitrogen and oxygen atoms in total. The monoisotopic (exact) mass is 514 g/mol. The van der Waals surface area contributed by atoms with Gasteiger partial charge in [0.2, 0.25) is 5.91 Å². The minimum absolute atomic E-state index is 0.0925. The van der Waals surface area contributed by atoms with Gasteiger partial charge in [-0.05, 0) is 80.3 Å². The molecule has 202 valence electrons. The van der Waals surface area contributed by atoms with E-state index in [2.05, 4.69) is 47.9 Å². The SMILES string of the molecule is CCCC(CCC)C(=O)N1CCc2ccccc2C1CCN1CCC(c2cccc(C(F)(F)F)c2)CC1. The largest absolute Gasteiger partial charge is 0.416 e. The molecule has 1 atom stereocenters. The Hall–Kier alpha value is -2.34. The lowest BCUT2D eigenvalue weighted by molar-refractivity contribution is -0.139. The van der Waals surface area contributed by atoms with Gasteiger partial charge in [0.25, 0.3) is 0 Å². The lowest BCUT2D eigenvalue weighted by Crippen LogP contribution is -2.44. The molecule has 2 aliphatic rings. The summed E-state index contributed by atoms with van der Waals surface area (Å²) in [5.41, 5.74) is 2.87. The van der Waals surface area contributed by atoms with Gasteiger partial charge in [0.1, 0.15) is 0 Å². The van der Waals surface area contributed by atoms with Crippen LogP contribution in [0.5, 0.6) is 0 Å². The Bertz CT molecular complexity index is 1020. The minimum atomic E-state index is -4.30. The molecule has 0 N–H and O–H groups in total. The predicted molar refractivity (Wildman–Crippen MR) is 142 cm³/mol. The molecular weight excluding hydrogens is 473 g/mol. The molecule has 0 radical (unpaired) electrons. The third kappa shape index (κ3) is 6.76. The van der Waals surface area contributed by atoms with Crippen LogP contribution in [-0.4, -0.2) is 41.9 Å². The van der Waals surface area contributed by atoms with Crippen molar-refractivity contribution in [1.29, 1.82) is 0 Å². The summed E-state index contributed by atoms with van der Waals surface area (Å²) >= 11 is 0. The smallest absolute Gasteiger partial charge is 0.335 e. The number of amides is 1. The van der Waals surface area contributed by atoms with Crippen LogP contribution in [0.4, 0.5) is 13.2 Å². The van der Waals surface area contributed by atoms with Crippen LogP contribution in [0.15, 0.2) is 48.5 Å². The van der Waals surface area contributed by atoms with E-state index in [9.17, 15) is 18.0 Å². The van der Waals surface area contributed by atoms with E-state index in [-0.39, 0.29) is 17.9 Å². The number of nitrogens with zero attached hydrogens (tertiary/aromatic N) is 2. The van der Waals surface area contributed by atoms with Crippen LogP contribution in [0.1, 0.15) is 93.0 Å². The van der Waals surface area contributed by atoms with E-state index in [1.165, 1.54) is 23.3 Å². The quantitative estimate of drug-likeness (QED) is 0.344. The van der Waals surface area contributed by atoms with E-state index < -0.39 is 11.7 Å². The van der Waals surface area contributed by atoms with Crippen molar-refractivity contribution in [1.82, 2.24) is 9.80 Å². The van der Waals surface area contributed by atoms with E-state index in [1.54, 1.807) is 0 Å². The average molecular weight is 515 g/mol. The first-order chi connectivity index (χ1) is 17.8. The molecule has 2 aromatic rings. The molecule has 0 saturated carbocycles. The Kier molecular flexibility index (Phi) is 9.33. The van der Waals surface area contributed by atoms with Crippen LogP contribution in [0.2, 0.25) is 0 Å². The Morgan fingerprint density at radius 1 is 0.973 bits per heavy atom. The van der Waals surface area contributed by atoms with Crippen molar-refractivity contribution >= 4 is 5.91 Å². The lowest BCUT2D eigenvalue weighted by Gasteiger charge is -2.41. The third-order valence-electron chi connectivity index (χ3n) is 8.31. The highest BCUT2D eigenvalue weighted by atomic mass is 19.4. The van der Waals surface area contributed by atoms with E-state index in [1.807, 2.05) is 6.07 Å². The number of alkyl halides is 3. The molecule has 2 heterocycles. The maximum Gasteiger partial charge on any atom is 0.416 e. The molecule has 0 aromatic heterocycles. The number of carbonyl (C=O) groups excluding carboxylic acids is 1. The predicted octanol–water partition coefficient (Wildman–Crippen LogP) is 7.62. The van der Waals surface area contributed by atoms with Crippen LogP contribution >= 0.6 is 0 Å². The van der Waals surface area contributed by atoms with Crippen LogP contribution < -0.4 is 0 Å². The summed E-state index contributed by atoms with van der Waals surface area (Å²) in [6, 6.07) is 14.5. The van der Waals surface area contributed by atoms with Crippen molar-refractivity contribution < 1.29 is 18.0 Å². The molecular formula is C31H41F3N2O. The van der Waals surface area contributed by atoms with Crippen molar-refractivity contribution in [2.45, 2.75) is 83.4 Å². The third-order valence-corrected chi connectivity index (χ3v) is 8.31. The van der Waals surface area contributed by atoms with Gasteiger partial charge in [0.15, 0.2) is 0 Å². The van der Waals surface area contributed by atoms with Gasteiger partial charge in [-0.25, -0.2) is 0 Å². The fourth-order valence-electron chi connectivity index (χ4n) is 6.31. The number of likely N-dealkylation sites (tertiary alicyclic amines) is 1. The molecule has 2 aliphatic heterocycles. The summed E-state index contributed by atoms with van der Waals surface area (Å²) in [7, 11) is 0. The molecule has 1 unspecified atom stereocenters. The van der Waals surface area contributed by atoms with E-state index >= 15 is 0 Å². The summed E-state index contributed by atoms with van der Waals surface area (Å²) in [4.78, 5) is 18.3. The molecule has 37 heavy (non-hydrogen) atoms. The molecule has 6 heteroatoms. The minimum Gasteiger partial charge on any atom is -0.335 e. The highest BCUT2D eigenvalue weighted by Gasteiger charge is 2.35. The number of fused-ring (bicyclic) bond motifs is 1. The first-order valence-corrected chi connectivity index (χ1v) is 14.1. The summed E-state index contributed by atoms with van der Waals surface area (Å²) in [6.07, 6.45) is 3.15. The van der Waals surface area contributed by atoms with Crippen molar-refractivity contribution in [3.05, 3.63) is 70.8 Å². The van der Waals surface area contributed by atoms with E-state index in [4.69, 9.17) is 0 Å². The van der Waals surface area contributed by atoms with Gasteiger partial charge in [0.05, 0.1) is 11.6 Å². The van der Waals surface area contributed by atoms with Gasteiger partial charge in [-0.1, -0.05) is 69.2 Å². The summed E-state index contributed by atoms with van der Waals surface area (Å²) in [5.74, 6) is 0.577. The van der Waals surface area contributed by atoms with E-state index in [0.717, 1.165) is 89.2 Å². The number of benzene rings is 2. The summed E-state index contributed by atoms with van der Waals surface area (Å²) in [6.45, 7) is 7.73. The molecule has 2 aromatic carbocycles. The first-order valence-electron chi connectivity index (χ1n) is 14.1. The van der Waals surface area contributed by atoms with Gasteiger partial charge < -0.3 is 9.80 Å². The molecule has 1 saturated heterocycles. The Labute approximate surface area is 220 Å². The first kappa shape index (κ1) is 27.7. The number of halogens is 3. The summed E-state index contributed by atoms with van der Waals surface area (Å²) in [5, 5.41) is 0. The standard InChI is InChI=1S/C31H41F3N2O/c1-3-8-25(9-4-2)30(37)36-21-16-24-10-5-6-13-28(24)29(36)17-20-35-18-14-23(15-19-35)26-11-7-12-27(22-26)31(32,33)34/h5-7,10-13,22-23,25,29H,3-4,8-9,14-21H2,1-2H3. The number of piperidine rings is 1. The molecule has 0 spiro atoms. The van der Waals surface area contributed by atoms with Crippen LogP contribution in [0.3, 0.4) is 0 Å². The molecule has 0 aliphatic carbocycles. The second-order valence-electron chi connectivity index (χ2n) is 10.8. The van der Waals surface area contributed by atoms with Gasteiger partial charge in [-0.3, -0.25) is 4.79 Å². The summed E-state index contributed by atoms with van der Waals surface area (Å²) < 4.78 is 39.5. The Morgan fingerprint density at radius 2 is 1.68 bits per heavy atom. The molecule has 4 rings (SSSR count). The number of carbonyl (C=O) groups is 1. The topological polar surface area (TPSA) is 23.6 Å². The van der Waals surface area contributed by atoms with Gasteiger partial charge in [-0.2, -0.15) is 13.2 Å². The van der Waals surface area contributed by atoms with Gasteiger partial charge in [-0.15, -0.1) is 0 Å². The lowest BCUT2D eigenvalue weighted by atomic mass is 9.87. The van der Waals surface area contributed by atoms with Crippen molar-refractivity contribution in [2.24, 2.45) is 5.92 Å². The average Bonchev–Trinajstić information content (AvgIpc) is 2.91. The molecule has 1 fully saturated rings. The van der Waals surface area contributed by atoms with Crippen molar-refractivity contribution in [3.8, 4) is 0 Å². The van der Waals surface area contributed by atoms with Gasteiger partial charge in [0, 0.05) is 19.0 Å². The maximum atomic E-state index is 13.7.